The molecule has 1 unspecified atom stereocenters. The fourth-order valence-electron chi connectivity index (χ4n) is 4.51. The first-order chi connectivity index (χ1) is 15.7. The number of hydrogen-bond acceptors (Lipinski definition) is 4. The van der Waals surface area contributed by atoms with E-state index in [9.17, 15) is 9.90 Å². The van der Waals surface area contributed by atoms with Crippen molar-refractivity contribution in [2.45, 2.75) is 18.4 Å². The lowest BCUT2D eigenvalue weighted by atomic mass is 9.98. The number of nitrogens with one attached hydrogen (secondary N) is 1. The molecule has 1 aromatic heterocycles. The van der Waals surface area contributed by atoms with E-state index in [1.165, 1.54) is 22.3 Å². The average molecular weight is 425 g/mol. The molecule has 1 atom stereocenters. The molecule has 0 fully saturated rings. The minimum Gasteiger partial charge on any atom is -0.449 e. The number of aliphatic hydroxyl groups is 1. The van der Waals surface area contributed by atoms with Gasteiger partial charge in [-0.05, 0) is 46.4 Å². The van der Waals surface area contributed by atoms with Crippen molar-refractivity contribution in [1.82, 2.24) is 10.3 Å². The SMILES string of the molecule is O=C(NC(CCO)c1cnc2ccccc2c1)OCC1c2ccccc2-c2ccccc21. The maximum absolute atomic E-state index is 12.7. The van der Waals surface area contributed by atoms with Crippen LogP contribution < -0.4 is 5.32 Å². The number of ether oxygens (including phenoxy) is 1. The van der Waals surface area contributed by atoms with Gasteiger partial charge in [-0.15, -0.1) is 0 Å². The molecule has 0 spiro atoms. The fraction of sp³-hybridized carbons (Fsp3) is 0.185. The standard InChI is InChI=1S/C27H24N2O3/c30-14-13-26(19-15-18-7-1-6-12-25(18)28-16-19)29-27(31)32-17-24-22-10-4-2-8-20(22)21-9-3-5-11-23(21)24/h1-12,15-16,24,26,30H,13-14,17H2,(H,29,31). The van der Waals surface area contributed by atoms with E-state index in [4.69, 9.17) is 4.74 Å². The number of rotatable bonds is 6. The maximum atomic E-state index is 12.7. The molecule has 1 aliphatic carbocycles. The summed E-state index contributed by atoms with van der Waals surface area (Å²) < 4.78 is 5.67. The summed E-state index contributed by atoms with van der Waals surface area (Å²) in [6.07, 6.45) is 1.62. The molecule has 1 aliphatic rings. The second-order valence-corrected chi connectivity index (χ2v) is 8.00. The molecule has 160 valence electrons. The van der Waals surface area contributed by atoms with Gasteiger partial charge in [0.1, 0.15) is 6.61 Å². The number of alkyl carbamates (subject to hydrolysis) is 1. The van der Waals surface area contributed by atoms with Crippen LogP contribution in [0.1, 0.15) is 35.1 Å². The summed E-state index contributed by atoms with van der Waals surface area (Å²) in [6, 6.07) is 25.9. The lowest BCUT2D eigenvalue weighted by molar-refractivity contribution is 0.136. The molecule has 0 saturated heterocycles. The average Bonchev–Trinajstić information content (AvgIpc) is 3.16. The minimum atomic E-state index is -0.501. The Labute approximate surface area is 186 Å². The Morgan fingerprint density at radius 2 is 1.62 bits per heavy atom. The molecule has 1 amide bonds. The molecule has 2 N–H and O–H groups in total. The number of aromatic nitrogens is 1. The molecule has 0 bridgehead atoms. The topological polar surface area (TPSA) is 71.5 Å². The third-order valence-corrected chi connectivity index (χ3v) is 6.07. The number of pyridine rings is 1. The van der Waals surface area contributed by atoms with Gasteiger partial charge < -0.3 is 15.2 Å². The Morgan fingerprint density at radius 3 is 2.34 bits per heavy atom. The summed E-state index contributed by atoms with van der Waals surface area (Å²) in [5.41, 5.74) is 6.46. The van der Waals surface area contributed by atoms with Crippen LogP contribution in [0.15, 0.2) is 85.1 Å². The first kappa shape index (κ1) is 20.2. The summed E-state index contributed by atoms with van der Waals surface area (Å²) in [7, 11) is 0. The molecular weight excluding hydrogens is 400 g/mol. The summed E-state index contributed by atoms with van der Waals surface area (Å²) in [6.45, 7) is 0.197. The number of aliphatic hydroxyl groups excluding tert-OH is 1. The van der Waals surface area contributed by atoms with E-state index < -0.39 is 6.09 Å². The zero-order chi connectivity index (χ0) is 21.9. The van der Waals surface area contributed by atoms with Gasteiger partial charge in [0.15, 0.2) is 0 Å². The zero-order valence-electron chi connectivity index (χ0n) is 17.6. The molecule has 3 aromatic carbocycles. The highest BCUT2D eigenvalue weighted by Crippen LogP contribution is 2.44. The number of carbonyl (C=O) groups is 1. The largest absolute Gasteiger partial charge is 0.449 e. The van der Waals surface area contributed by atoms with Gasteiger partial charge in [0.2, 0.25) is 0 Å². The van der Waals surface area contributed by atoms with E-state index >= 15 is 0 Å². The first-order valence-electron chi connectivity index (χ1n) is 10.8. The van der Waals surface area contributed by atoms with Crippen LogP contribution >= 0.6 is 0 Å². The molecule has 0 radical (unpaired) electrons. The monoisotopic (exact) mass is 424 g/mol. The quantitative estimate of drug-likeness (QED) is 0.446. The van der Waals surface area contributed by atoms with E-state index in [0.29, 0.717) is 6.42 Å². The van der Waals surface area contributed by atoms with E-state index in [0.717, 1.165) is 16.5 Å². The van der Waals surface area contributed by atoms with Crippen LogP contribution in [0, 0.1) is 0 Å². The van der Waals surface area contributed by atoms with Gasteiger partial charge in [0.05, 0.1) is 11.6 Å². The lowest BCUT2D eigenvalue weighted by Crippen LogP contribution is -2.31. The highest BCUT2D eigenvalue weighted by molar-refractivity contribution is 5.80. The molecule has 0 saturated carbocycles. The van der Waals surface area contributed by atoms with Crippen molar-refractivity contribution in [2.24, 2.45) is 0 Å². The van der Waals surface area contributed by atoms with Gasteiger partial charge in [-0.25, -0.2) is 4.79 Å². The van der Waals surface area contributed by atoms with Crippen LogP contribution in [-0.2, 0) is 4.74 Å². The van der Waals surface area contributed by atoms with E-state index in [1.54, 1.807) is 6.20 Å². The number of para-hydroxylation sites is 1. The Morgan fingerprint density at radius 1 is 0.969 bits per heavy atom. The number of fused-ring (bicyclic) bond motifs is 4. The third kappa shape index (κ3) is 3.83. The number of benzene rings is 3. The summed E-state index contributed by atoms with van der Waals surface area (Å²) in [4.78, 5) is 17.2. The second-order valence-electron chi connectivity index (χ2n) is 8.00. The predicted octanol–water partition coefficient (Wildman–Crippen LogP) is 5.20. The van der Waals surface area contributed by atoms with Crippen LogP contribution in [0.25, 0.3) is 22.0 Å². The predicted molar refractivity (Wildman–Crippen MR) is 124 cm³/mol. The van der Waals surface area contributed by atoms with Gasteiger partial charge in [-0.1, -0.05) is 66.7 Å². The molecule has 4 aromatic rings. The molecule has 0 aliphatic heterocycles. The molecule has 5 rings (SSSR count). The highest BCUT2D eigenvalue weighted by Gasteiger charge is 2.29. The Bertz CT molecular complexity index is 1220. The summed E-state index contributed by atoms with van der Waals surface area (Å²) in [5.74, 6) is 0.00628. The van der Waals surface area contributed by atoms with Crippen molar-refractivity contribution in [3.8, 4) is 11.1 Å². The van der Waals surface area contributed by atoms with Crippen molar-refractivity contribution in [2.75, 3.05) is 13.2 Å². The highest BCUT2D eigenvalue weighted by atomic mass is 16.5. The smallest absolute Gasteiger partial charge is 0.407 e. The van der Waals surface area contributed by atoms with Gasteiger partial charge >= 0.3 is 6.09 Å². The molecular formula is C27H24N2O3. The summed E-state index contributed by atoms with van der Waals surface area (Å²) in [5, 5.41) is 13.4. The normalized spacial score (nSPS) is 13.4. The van der Waals surface area contributed by atoms with E-state index in [-0.39, 0.29) is 25.2 Å². The van der Waals surface area contributed by atoms with Crippen LogP contribution in [0.4, 0.5) is 4.79 Å². The van der Waals surface area contributed by atoms with E-state index in [1.807, 2.05) is 54.6 Å². The molecule has 1 heterocycles. The number of amides is 1. The van der Waals surface area contributed by atoms with Crippen molar-refractivity contribution in [3.63, 3.8) is 0 Å². The summed E-state index contributed by atoms with van der Waals surface area (Å²) >= 11 is 0. The van der Waals surface area contributed by atoms with Gasteiger partial charge in [0.25, 0.3) is 0 Å². The third-order valence-electron chi connectivity index (χ3n) is 6.07. The Kier molecular flexibility index (Phi) is 5.57. The number of carbonyl (C=O) groups excluding carboxylic acids is 1. The van der Waals surface area contributed by atoms with Crippen molar-refractivity contribution >= 4 is 17.0 Å². The van der Waals surface area contributed by atoms with Gasteiger partial charge in [0, 0.05) is 24.1 Å². The van der Waals surface area contributed by atoms with Crippen LogP contribution in [0.2, 0.25) is 0 Å². The number of hydrogen-bond donors (Lipinski definition) is 2. The molecule has 5 nitrogen and oxygen atoms in total. The molecule has 32 heavy (non-hydrogen) atoms. The van der Waals surface area contributed by atoms with Crippen molar-refractivity contribution < 1.29 is 14.6 Å². The molecule has 5 heteroatoms. The lowest BCUT2D eigenvalue weighted by Gasteiger charge is -2.20. The fourth-order valence-corrected chi connectivity index (χ4v) is 4.51. The Hall–Kier alpha value is -3.70. The zero-order valence-corrected chi connectivity index (χ0v) is 17.6. The van der Waals surface area contributed by atoms with Gasteiger partial charge in [-0.2, -0.15) is 0 Å². The van der Waals surface area contributed by atoms with Crippen LogP contribution in [0.5, 0.6) is 0 Å². The maximum Gasteiger partial charge on any atom is 0.407 e. The first-order valence-corrected chi connectivity index (χ1v) is 10.8. The number of nitrogens with zero attached hydrogens (tertiary/aromatic N) is 1. The van der Waals surface area contributed by atoms with Crippen molar-refractivity contribution in [1.29, 1.82) is 0 Å². The van der Waals surface area contributed by atoms with Crippen LogP contribution in [0.3, 0.4) is 0 Å². The minimum absolute atomic E-state index is 0.00628. The second kappa shape index (κ2) is 8.81. The van der Waals surface area contributed by atoms with Gasteiger partial charge in [-0.3, -0.25) is 4.98 Å². The van der Waals surface area contributed by atoms with E-state index in [2.05, 4.69) is 34.6 Å². The van der Waals surface area contributed by atoms with Crippen molar-refractivity contribution in [3.05, 3.63) is 102 Å². The van der Waals surface area contributed by atoms with Crippen LogP contribution in [-0.4, -0.2) is 29.4 Å². The Balaban J connectivity index is 1.31.